The van der Waals surface area contributed by atoms with Crippen molar-refractivity contribution in [3.8, 4) is 5.75 Å². The second-order valence-electron chi connectivity index (χ2n) is 6.51. The maximum atomic E-state index is 6.36. The van der Waals surface area contributed by atoms with E-state index < -0.39 is 0 Å². The summed E-state index contributed by atoms with van der Waals surface area (Å²) < 4.78 is 7.53. The van der Waals surface area contributed by atoms with Crippen LogP contribution in [-0.4, -0.2) is 43.3 Å². The number of hydrogen-bond acceptors (Lipinski definition) is 7. The fraction of sp³-hybridized carbons (Fsp3) is 0.263. The molecule has 0 aliphatic carbocycles. The summed E-state index contributed by atoms with van der Waals surface area (Å²) in [4.78, 5) is 14.2. The molecule has 1 fully saturated rings. The molecule has 0 bridgehead atoms. The van der Waals surface area contributed by atoms with Crippen molar-refractivity contribution >= 4 is 76.6 Å². The Morgan fingerprint density at radius 2 is 1.64 bits per heavy atom. The first kappa shape index (κ1) is 18.2. The summed E-state index contributed by atoms with van der Waals surface area (Å²) >= 11 is 15.8. The van der Waals surface area contributed by atoms with E-state index in [1.165, 1.54) is 0 Å². The number of nitrogens with zero attached hydrogens (tertiary/aromatic N) is 4. The lowest BCUT2D eigenvalue weighted by Crippen LogP contribution is -2.46. The van der Waals surface area contributed by atoms with Gasteiger partial charge in [-0.05, 0) is 30.3 Å². The van der Waals surface area contributed by atoms with Crippen LogP contribution >= 0.6 is 45.9 Å². The molecular formula is C19H16Cl2N4OS2. The first-order valence-corrected chi connectivity index (χ1v) is 11.2. The number of piperazine rings is 1. The number of anilines is 2. The van der Waals surface area contributed by atoms with Crippen LogP contribution in [0.1, 0.15) is 0 Å². The van der Waals surface area contributed by atoms with Gasteiger partial charge in [0.25, 0.3) is 0 Å². The molecule has 1 aliphatic rings. The van der Waals surface area contributed by atoms with Gasteiger partial charge in [0.15, 0.2) is 10.3 Å². The lowest BCUT2D eigenvalue weighted by molar-refractivity contribution is 0.419. The van der Waals surface area contributed by atoms with Crippen LogP contribution in [0.5, 0.6) is 5.75 Å². The van der Waals surface area contributed by atoms with Gasteiger partial charge in [0, 0.05) is 31.2 Å². The molecule has 28 heavy (non-hydrogen) atoms. The van der Waals surface area contributed by atoms with Crippen molar-refractivity contribution in [2.45, 2.75) is 0 Å². The van der Waals surface area contributed by atoms with E-state index in [2.05, 4.69) is 9.80 Å². The molecule has 3 heterocycles. The molecule has 1 saturated heterocycles. The average Bonchev–Trinajstić information content (AvgIpc) is 3.33. The van der Waals surface area contributed by atoms with Crippen LogP contribution in [0, 0.1) is 0 Å². The Kier molecular flexibility index (Phi) is 4.71. The summed E-state index contributed by atoms with van der Waals surface area (Å²) in [5.41, 5.74) is 1.83. The third-order valence-corrected chi connectivity index (χ3v) is 7.72. The van der Waals surface area contributed by atoms with Gasteiger partial charge in [0.1, 0.15) is 11.3 Å². The molecule has 5 nitrogen and oxygen atoms in total. The number of methoxy groups -OCH3 is 1. The molecule has 144 valence electrons. The number of fused-ring (bicyclic) bond motifs is 2. The van der Waals surface area contributed by atoms with E-state index in [1.54, 1.807) is 29.8 Å². The normalized spacial score (nSPS) is 15.0. The molecular weight excluding hydrogens is 435 g/mol. The molecule has 1 aliphatic heterocycles. The topological polar surface area (TPSA) is 41.5 Å². The number of ether oxygens (including phenoxy) is 1. The lowest BCUT2D eigenvalue weighted by atomic mass is 10.3. The van der Waals surface area contributed by atoms with Crippen LogP contribution in [0.15, 0.2) is 30.3 Å². The first-order chi connectivity index (χ1) is 13.6. The minimum absolute atomic E-state index is 0.714. The van der Waals surface area contributed by atoms with E-state index in [-0.39, 0.29) is 0 Å². The predicted octanol–water partition coefficient (Wildman–Crippen LogP) is 5.55. The average molecular weight is 451 g/mol. The molecule has 0 atom stereocenters. The van der Waals surface area contributed by atoms with Crippen molar-refractivity contribution in [2.75, 3.05) is 43.1 Å². The van der Waals surface area contributed by atoms with Crippen molar-refractivity contribution in [3.05, 3.63) is 40.4 Å². The minimum atomic E-state index is 0.714. The third kappa shape index (κ3) is 3.16. The lowest BCUT2D eigenvalue weighted by Gasteiger charge is -2.34. The Hall–Kier alpha value is -1.80. The van der Waals surface area contributed by atoms with E-state index >= 15 is 0 Å². The highest BCUT2D eigenvalue weighted by atomic mass is 35.5. The zero-order valence-electron chi connectivity index (χ0n) is 15.0. The summed E-state index contributed by atoms with van der Waals surface area (Å²) in [7, 11) is 1.66. The smallest absolute Gasteiger partial charge is 0.186 e. The number of benzene rings is 2. The van der Waals surface area contributed by atoms with Crippen molar-refractivity contribution in [1.29, 1.82) is 0 Å². The Balaban J connectivity index is 1.36. The van der Waals surface area contributed by atoms with Gasteiger partial charge in [-0.2, -0.15) is 0 Å². The Bertz CT molecular complexity index is 1170. The van der Waals surface area contributed by atoms with Gasteiger partial charge < -0.3 is 14.5 Å². The van der Waals surface area contributed by atoms with Crippen LogP contribution in [0.4, 0.5) is 10.3 Å². The van der Waals surface area contributed by atoms with Gasteiger partial charge in [-0.15, -0.1) is 0 Å². The molecule has 0 radical (unpaired) electrons. The van der Waals surface area contributed by atoms with E-state index in [4.69, 9.17) is 37.9 Å². The zero-order valence-corrected chi connectivity index (χ0v) is 18.1. The summed E-state index contributed by atoms with van der Waals surface area (Å²) in [6.07, 6.45) is 0. The standard InChI is InChI=1S/C19H16Cl2N4OS2/c1-26-14-5-3-12(21)17-16(14)23-19(28-17)25-8-6-24(7-9-25)18-22-13-4-2-11(20)10-15(13)27-18/h2-5,10H,6-9H2,1H3. The Morgan fingerprint density at radius 1 is 0.929 bits per heavy atom. The molecule has 2 aromatic heterocycles. The fourth-order valence-electron chi connectivity index (χ4n) is 3.35. The highest BCUT2D eigenvalue weighted by Gasteiger charge is 2.23. The second-order valence-corrected chi connectivity index (χ2v) is 9.34. The summed E-state index contributed by atoms with van der Waals surface area (Å²) in [6, 6.07) is 9.57. The fourth-order valence-corrected chi connectivity index (χ4v) is 5.95. The number of hydrogen-bond donors (Lipinski definition) is 0. The molecule has 4 aromatic rings. The van der Waals surface area contributed by atoms with Crippen molar-refractivity contribution in [2.24, 2.45) is 0 Å². The third-order valence-electron chi connectivity index (χ3n) is 4.83. The van der Waals surface area contributed by atoms with E-state index in [0.717, 1.165) is 67.6 Å². The van der Waals surface area contributed by atoms with Crippen LogP contribution < -0.4 is 14.5 Å². The maximum absolute atomic E-state index is 6.36. The number of halogens is 2. The minimum Gasteiger partial charge on any atom is -0.494 e. The Labute approximate surface area is 180 Å². The van der Waals surface area contributed by atoms with E-state index in [0.29, 0.717) is 5.02 Å². The van der Waals surface area contributed by atoms with Crippen LogP contribution in [0.2, 0.25) is 10.0 Å². The largest absolute Gasteiger partial charge is 0.494 e. The number of rotatable bonds is 3. The van der Waals surface area contributed by atoms with Crippen molar-refractivity contribution in [1.82, 2.24) is 9.97 Å². The van der Waals surface area contributed by atoms with E-state index in [9.17, 15) is 0 Å². The number of aromatic nitrogens is 2. The molecule has 0 saturated carbocycles. The van der Waals surface area contributed by atoms with Crippen LogP contribution in [0.25, 0.3) is 20.4 Å². The van der Waals surface area contributed by atoms with E-state index in [1.807, 2.05) is 30.3 Å². The van der Waals surface area contributed by atoms with Gasteiger partial charge in [-0.3, -0.25) is 0 Å². The zero-order chi connectivity index (χ0) is 19.3. The first-order valence-electron chi connectivity index (χ1n) is 8.81. The maximum Gasteiger partial charge on any atom is 0.186 e. The molecule has 0 amide bonds. The summed E-state index contributed by atoms with van der Waals surface area (Å²) in [5, 5.41) is 3.49. The van der Waals surface area contributed by atoms with Gasteiger partial charge in [-0.1, -0.05) is 45.9 Å². The summed E-state index contributed by atoms with van der Waals surface area (Å²) in [5.74, 6) is 0.758. The SMILES string of the molecule is COc1ccc(Cl)c2sc(N3CCN(c4nc5ccc(Cl)cc5s4)CC3)nc12. The number of thiazole rings is 2. The molecule has 0 unspecified atom stereocenters. The Morgan fingerprint density at radius 3 is 2.36 bits per heavy atom. The van der Waals surface area contributed by atoms with Crippen molar-refractivity contribution in [3.63, 3.8) is 0 Å². The molecule has 5 rings (SSSR count). The molecule has 9 heteroatoms. The van der Waals surface area contributed by atoms with Gasteiger partial charge in [0.2, 0.25) is 0 Å². The quantitative estimate of drug-likeness (QED) is 0.409. The predicted molar refractivity (Wildman–Crippen MR) is 120 cm³/mol. The highest BCUT2D eigenvalue weighted by Crippen LogP contribution is 2.39. The van der Waals surface area contributed by atoms with Gasteiger partial charge >= 0.3 is 0 Å². The molecule has 0 N–H and O–H groups in total. The molecule has 0 spiro atoms. The second kappa shape index (κ2) is 7.22. The van der Waals surface area contributed by atoms with Gasteiger partial charge in [-0.25, -0.2) is 9.97 Å². The summed E-state index contributed by atoms with van der Waals surface area (Å²) in [6.45, 7) is 3.57. The van der Waals surface area contributed by atoms with Crippen molar-refractivity contribution < 1.29 is 4.74 Å². The van der Waals surface area contributed by atoms with Crippen LogP contribution in [-0.2, 0) is 0 Å². The highest BCUT2D eigenvalue weighted by molar-refractivity contribution is 7.23. The van der Waals surface area contributed by atoms with Crippen LogP contribution in [0.3, 0.4) is 0 Å². The molecule has 2 aromatic carbocycles. The van der Waals surface area contributed by atoms with Gasteiger partial charge in [0.05, 0.1) is 27.0 Å². The monoisotopic (exact) mass is 450 g/mol.